The summed E-state index contributed by atoms with van der Waals surface area (Å²) in [5, 5.41) is 9.84. The summed E-state index contributed by atoms with van der Waals surface area (Å²) >= 11 is 7.21. The van der Waals surface area contributed by atoms with Crippen LogP contribution in [0.4, 0.5) is 0 Å². The van der Waals surface area contributed by atoms with Gasteiger partial charge in [0, 0.05) is 9.90 Å². The van der Waals surface area contributed by atoms with Crippen molar-refractivity contribution in [2.24, 2.45) is 0 Å². The molecule has 0 radical (unpaired) electrons. The molecule has 0 fully saturated rings. The highest BCUT2D eigenvalue weighted by Crippen LogP contribution is 2.23. The molecule has 3 rings (SSSR count). The largest absolute Gasteiger partial charge is 0.480 e. The summed E-state index contributed by atoms with van der Waals surface area (Å²) in [6, 6.07) is 8.04. The standard InChI is InChI=1S/C16H13ClN2O4S/c1-2-11-7-12-14(22)19(10-5-3-4-9(17)6-10)16(23)18(8-13(20)21)15(12)24-11/h3-7H,2,8H2,1H3,(H,20,21). The number of carbonyl (C=O) groups is 1. The van der Waals surface area contributed by atoms with Gasteiger partial charge in [-0.15, -0.1) is 11.3 Å². The summed E-state index contributed by atoms with van der Waals surface area (Å²) in [4.78, 5) is 38.0. The number of nitrogens with zero attached hydrogens (tertiary/aromatic N) is 2. The number of aryl methyl sites for hydroxylation is 1. The maximum atomic E-state index is 12.8. The fourth-order valence-electron chi connectivity index (χ4n) is 2.49. The highest BCUT2D eigenvalue weighted by molar-refractivity contribution is 7.18. The van der Waals surface area contributed by atoms with E-state index in [1.165, 1.54) is 17.4 Å². The van der Waals surface area contributed by atoms with Crippen LogP contribution in [-0.2, 0) is 17.8 Å². The van der Waals surface area contributed by atoms with E-state index in [2.05, 4.69) is 0 Å². The first-order chi connectivity index (χ1) is 11.4. The zero-order valence-electron chi connectivity index (χ0n) is 12.7. The van der Waals surface area contributed by atoms with E-state index in [4.69, 9.17) is 16.7 Å². The van der Waals surface area contributed by atoms with Crippen LogP contribution in [0.5, 0.6) is 0 Å². The fourth-order valence-corrected chi connectivity index (χ4v) is 3.75. The molecular weight excluding hydrogens is 352 g/mol. The average Bonchev–Trinajstić information content (AvgIpc) is 2.96. The molecule has 24 heavy (non-hydrogen) atoms. The smallest absolute Gasteiger partial charge is 0.337 e. The Morgan fingerprint density at radius 2 is 2.04 bits per heavy atom. The summed E-state index contributed by atoms with van der Waals surface area (Å²) in [6.07, 6.45) is 0.692. The van der Waals surface area contributed by atoms with Gasteiger partial charge in [0.25, 0.3) is 5.56 Å². The molecule has 0 bridgehead atoms. The van der Waals surface area contributed by atoms with Crippen LogP contribution in [0.2, 0.25) is 5.02 Å². The van der Waals surface area contributed by atoms with E-state index in [0.29, 0.717) is 27.3 Å². The van der Waals surface area contributed by atoms with Crippen molar-refractivity contribution in [3.63, 3.8) is 0 Å². The molecule has 0 spiro atoms. The minimum absolute atomic E-state index is 0.308. The molecule has 124 valence electrons. The topological polar surface area (TPSA) is 81.3 Å². The number of hydrogen-bond acceptors (Lipinski definition) is 4. The predicted octanol–water partition coefficient (Wildman–Crippen LogP) is 2.51. The molecule has 2 aromatic heterocycles. The summed E-state index contributed by atoms with van der Waals surface area (Å²) in [7, 11) is 0. The third-order valence-electron chi connectivity index (χ3n) is 3.57. The molecule has 0 atom stereocenters. The summed E-state index contributed by atoms with van der Waals surface area (Å²) in [5.74, 6) is -1.15. The van der Waals surface area contributed by atoms with Crippen LogP contribution in [0.25, 0.3) is 15.9 Å². The Labute approximate surface area is 145 Å². The van der Waals surface area contributed by atoms with Gasteiger partial charge >= 0.3 is 11.7 Å². The average molecular weight is 365 g/mol. The van der Waals surface area contributed by atoms with Crippen LogP contribution in [-0.4, -0.2) is 20.2 Å². The van der Waals surface area contributed by atoms with Crippen molar-refractivity contribution in [3.8, 4) is 5.69 Å². The number of aliphatic carboxylic acids is 1. The number of rotatable bonds is 4. The second-order valence-electron chi connectivity index (χ2n) is 5.17. The minimum Gasteiger partial charge on any atom is -0.480 e. The third kappa shape index (κ3) is 2.76. The zero-order chi connectivity index (χ0) is 17.4. The monoisotopic (exact) mass is 364 g/mol. The van der Waals surface area contributed by atoms with Gasteiger partial charge in [-0.1, -0.05) is 24.6 Å². The lowest BCUT2D eigenvalue weighted by Gasteiger charge is -2.10. The zero-order valence-corrected chi connectivity index (χ0v) is 14.2. The Morgan fingerprint density at radius 3 is 2.67 bits per heavy atom. The van der Waals surface area contributed by atoms with Gasteiger partial charge in [-0.25, -0.2) is 9.36 Å². The molecule has 6 nitrogen and oxygen atoms in total. The van der Waals surface area contributed by atoms with Gasteiger partial charge < -0.3 is 5.11 Å². The lowest BCUT2D eigenvalue weighted by Crippen LogP contribution is -2.39. The lowest BCUT2D eigenvalue weighted by atomic mass is 10.3. The van der Waals surface area contributed by atoms with Gasteiger partial charge in [0.2, 0.25) is 0 Å². The number of benzene rings is 1. The van der Waals surface area contributed by atoms with Crippen molar-refractivity contribution in [1.82, 2.24) is 9.13 Å². The van der Waals surface area contributed by atoms with Crippen molar-refractivity contribution >= 4 is 39.1 Å². The Hall–Kier alpha value is -2.38. The first-order valence-electron chi connectivity index (χ1n) is 7.18. The van der Waals surface area contributed by atoms with E-state index in [1.807, 2.05) is 6.92 Å². The predicted molar refractivity (Wildman–Crippen MR) is 93.7 cm³/mol. The van der Waals surface area contributed by atoms with E-state index in [-0.39, 0.29) is 0 Å². The Bertz CT molecular complexity index is 1060. The second-order valence-corrected chi connectivity index (χ2v) is 6.72. The second kappa shape index (κ2) is 6.26. The molecule has 0 saturated carbocycles. The van der Waals surface area contributed by atoms with Gasteiger partial charge in [-0.2, -0.15) is 0 Å². The molecule has 0 amide bonds. The first kappa shape index (κ1) is 16.5. The van der Waals surface area contributed by atoms with E-state index in [1.54, 1.807) is 24.3 Å². The molecule has 0 aliphatic rings. The number of thiophene rings is 1. The molecule has 0 aliphatic carbocycles. The van der Waals surface area contributed by atoms with Crippen LogP contribution in [0.3, 0.4) is 0 Å². The Morgan fingerprint density at radius 1 is 1.29 bits per heavy atom. The molecule has 0 unspecified atom stereocenters. The van der Waals surface area contributed by atoms with E-state index >= 15 is 0 Å². The molecule has 8 heteroatoms. The van der Waals surface area contributed by atoms with Crippen molar-refractivity contribution in [2.45, 2.75) is 19.9 Å². The van der Waals surface area contributed by atoms with Gasteiger partial charge in [0.15, 0.2) is 0 Å². The van der Waals surface area contributed by atoms with Crippen molar-refractivity contribution in [3.05, 3.63) is 61.1 Å². The van der Waals surface area contributed by atoms with Crippen molar-refractivity contribution < 1.29 is 9.90 Å². The fraction of sp³-hybridized carbons (Fsp3) is 0.188. The number of hydrogen-bond donors (Lipinski definition) is 1. The van der Waals surface area contributed by atoms with Crippen molar-refractivity contribution in [1.29, 1.82) is 0 Å². The van der Waals surface area contributed by atoms with Crippen LogP contribution < -0.4 is 11.2 Å². The highest BCUT2D eigenvalue weighted by atomic mass is 35.5. The maximum absolute atomic E-state index is 12.8. The van der Waals surface area contributed by atoms with E-state index in [9.17, 15) is 14.4 Å². The SMILES string of the molecule is CCc1cc2c(=O)n(-c3cccc(Cl)c3)c(=O)n(CC(=O)O)c2s1. The van der Waals surface area contributed by atoms with Gasteiger partial charge in [0.05, 0.1) is 11.1 Å². The molecule has 1 aromatic carbocycles. The van der Waals surface area contributed by atoms with E-state index in [0.717, 1.165) is 14.0 Å². The van der Waals surface area contributed by atoms with Gasteiger partial charge in [-0.05, 0) is 30.7 Å². The number of carboxylic acids is 1. The summed E-state index contributed by atoms with van der Waals surface area (Å²) in [6.45, 7) is 1.42. The van der Waals surface area contributed by atoms with Crippen LogP contribution in [0.1, 0.15) is 11.8 Å². The van der Waals surface area contributed by atoms with Crippen LogP contribution in [0.15, 0.2) is 39.9 Å². The van der Waals surface area contributed by atoms with Crippen LogP contribution in [0, 0.1) is 0 Å². The summed E-state index contributed by atoms with van der Waals surface area (Å²) in [5.41, 5.74) is -0.862. The molecule has 3 aromatic rings. The molecule has 1 N–H and O–H groups in total. The third-order valence-corrected chi connectivity index (χ3v) is 5.11. The number of carboxylic acid groups (broad SMARTS) is 1. The van der Waals surface area contributed by atoms with Crippen molar-refractivity contribution in [2.75, 3.05) is 0 Å². The van der Waals surface area contributed by atoms with Gasteiger partial charge in [0.1, 0.15) is 11.4 Å². The highest BCUT2D eigenvalue weighted by Gasteiger charge is 2.18. The summed E-state index contributed by atoms with van der Waals surface area (Å²) < 4.78 is 2.08. The maximum Gasteiger partial charge on any atom is 0.337 e. The van der Waals surface area contributed by atoms with Gasteiger partial charge in [-0.3, -0.25) is 14.2 Å². The normalized spacial score (nSPS) is 11.1. The quantitative estimate of drug-likeness (QED) is 0.771. The lowest BCUT2D eigenvalue weighted by molar-refractivity contribution is -0.137. The number of fused-ring (bicyclic) bond motifs is 1. The Balaban J connectivity index is 2.44. The minimum atomic E-state index is -1.15. The first-order valence-corrected chi connectivity index (χ1v) is 8.37. The van der Waals surface area contributed by atoms with E-state index < -0.39 is 23.8 Å². The molecule has 0 saturated heterocycles. The van der Waals surface area contributed by atoms with Crippen LogP contribution >= 0.6 is 22.9 Å². The number of halogens is 1. The number of aromatic nitrogens is 2. The molecular formula is C16H13ClN2O4S. The molecule has 2 heterocycles. The Kier molecular flexibility index (Phi) is 4.29. The molecule has 0 aliphatic heterocycles.